The van der Waals surface area contributed by atoms with Gasteiger partial charge in [0.25, 0.3) is 5.56 Å². The number of anilines is 1. The number of aryl methyl sites for hydroxylation is 2. The van der Waals surface area contributed by atoms with E-state index >= 15 is 0 Å². The van der Waals surface area contributed by atoms with E-state index in [1.54, 1.807) is 12.1 Å². The van der Waals surface area contributed by atoms with Gasteiger partial charge >= 0.3 is 11.7 Å². The summed E-state index contributed by atoms with van der Waals surface area (Å²) in [4.78, 5) is 38.2. The molecule has 3 aromatic rings. The van der Waals surface area contributed by atoms with Crippen LogP contribution in [0.25, 0.3) is 0 Å². The van der Waals surface area contributed by atoms with Gasteiger partial charge in [0.1, 0.15) is 5.75 Å². The maximum atomic E-state index is 12.8. The fourth-order valence-electron chi connectivity index (χ4n) is 3.65. The van der Waals surface area contributed by atoms with Gasteiger partial charge in [-0.15, -0.1) is 5.10 Å². The number of benzene rings is 2. The monoisotopic (exact) mass is 480 g/mol. The van der Waals surface area contributed by atoms with Gasteiger partial charge in [-0.05, 0) is 56.4 Å². The normalized spacial score (nSPS) is 11.3. The van der Waals surface area contributed by atoms with Crippen LogP contribution in [0.2, 0.25) is 0 Å². The van der Waals surface area contributed by atoms with E-state index in [9.17, 15) is 19.5 Å². The third-order valence-electron chi connectivity index (χ3n) is 5.82. The number of aliphatic carboxylic acids is 1. The van der Waals surface area contributed by atoms with Crippen molar-refractivity contribution >= 4 is 11.8 Å². The van der Waals surface area contributed by atoms with Crippen molar-refractivity contribution in [3.8, 4) is 5.75 Å². The van der Waals surface area contributed by atoms with Gasteiger partial charge in [0.15, 0.2) is 5.60 Å². The fourth-order valence-corrected chi connectivity index (χ4v) is 3.65. The number of carbonyl (C=O) groups is 1. The van der Waals surface area contributed by atoms with Crippen LogP contribution >= 0.6 is 0 Å². The number of rotatable bonds is 11. The topological polar surface area (TPSA) is 107 Å². The highest BCUT2D eigenvalue weighted by atomic mass is 16.5. The Morgan fingerprint density at radius 1 is 0.971 bits per heavy atom. The van der Waals surface area contributed by atoms with Crippen molar-refractivity contribution in [3.05, 3.63) is 86.6 Å². The van der Waals surface area contributed by atoms with Crippen LogP contribution in [-0.4, -0.2) is 44.1 Å². The highest BCUT2D eigenvalue weighted by Crippen LogP contribution is 2.20. The molecular formula is C26H32N4O5. The van der Waals surface area contributed by atoms with Crippen molar-refractivity contribution in [2.75, 3.05) is 18.0 Å². The van der Waals surface area contributed by atoms with Gasteiger partial charge in [-0.2, -0.15) is 0 Å². The highest BCUT2D eigenvalue weighted by molar-refractivity contribution is 5.76. The van der Waals surface area contributed by atoms with Crippen LogP contribution in [0, 0.1) is 0 Å². The van der Waals surface area contributed by atoms with E-state index in [0.717, 1.165) is 23.0 Å². The number of hydrogen-bond acceptors (Lipinski definition) is 6. The van der Waals surface area contributed by atoms with Crippen LogP contribution in [0.1, 0.15) is 31.4 Å². The average Bonchev–Trinajstić information content (AvgIpc) is 2.83. The first kappa shape index (κ1) is 25.7. The van der Waals surface area contributed by atoms with Crippen molar-refractivity contribution in [3.63, 3.8) is 0 Å². The number of aromatic nitrogens is 3. The van der Waals surface area contributed by atoms with Gasteiger partial charge in [-0.25, -0.2) is 14.3 Å². The summed E-state index contributed by atoms with van der Waals surface area (Å²) in [5.74, 6) is -0.334. The molecule has 3 rings (SSSR count). The van der Waals surface area contributed by atoms with Crippen LogP contribution in [0.4, 0.5) is 5.82 Å². The van der Waals surface area contributed by atoms with Crippen molar-refractivity contribution < 1.29 is 14.6 Å². The molecule has 2 aromatic carbocycles. The summed E-state index contributed by atoms with van der Waals surface area (Å²) in [5.41, 5.74) is -0.00405. The van der Waals surface area contributed by atoms with Crippen LogP contribution in [0.5, 0.6) is 5.75 Å². The largest absolute Gasteiger partial charge is 0.478 e. The molecule has 1 heterocycles. The van der Waals surface area contributed by atoms with Crippen LogP contribution in [0.15, 0.2) is 64.2 Å². The lowest BCUT2D eigenvalue weighted by Crippen LogP contribution is -2.44. The lowest BCUT2D eigenvalue weighted by molar-refractivity contribution is -0.152. The molecule has 0 bridgehead atoms. The molecule has 0 saturated heterocycles. The standard InChI is InChI=1S/C26H32N4O5/c1-26(2,24(32)33)35-21-14-12-20(13-15-21)16-18-30(17-8-11-19-9-6-5-7-10-19)22-23(31)28(3)25(34)29(4)27-22/h5-7,9-10,12-15H,8,11,16-18H2,1-4H3,(H,32,33). The predicted octanol–water partition coefficient (Wildman–Crippen LogP) is 2.40. The van der Waals surface area contributed by atoms with E-state index in [2.05, 4.69) is 17.2 Å². The van der Waals surface area contributed by atoms with E-state index in [-0.39, 0.29) is 5.82 Å². The molecule has 9 heteroatoms. The van der Waals surface area contributed by atoms with Gasteiger partial charge in [-0.1, -0.05) is 42.5 Å². The quantitative estimate of drug-likeness (QED) is 0.449. The smallest absolute Gasteiger partial charge is 0.347 e. The van der Waals surface area contributed by atoms with E-state index in [0.29, 0.717) is 25.3 Å². The first-order valence-electron chi connectivity index (χ1n) is 11.5. The Labute approximate surface area is 204 Å². The molecule has 9 nitrogen and oxygen atoms in total. The first-order chi connectivity index (χ1) is 16.6. The summed E-state index contributed by atoms with van der Waals surface area (Å²) in [6.45, 7) is 4.12. The molecule has 0 saturated carbocycles. The molecule has 0 aliphatic heterocycles. The molecule has 1 aromatic heterocycles. The summed E-state index contributed by atoms with van der Waals surface area (Å²) >= 11 is 0. The minimum atomic E-state index is -1.33. The molecule has 0 fully saturated rings. The SMILES string of the molecule is Cn1nc(N(CCCc2ccccc2)CCc2ccc(OC(C)(C)C(=O)O)cc2)c(=O)n(C)c1=O. The Balaban J connectivity index is 1.75. The zero-order chi connectivity index (χ0) is 25.6. The van der Waals surface area contributed by atoms with Gasteiger partial charge in [0, 0.05) is 27.2 Å². The van der Waals surface area contributed by atoms with E-state index < -0.39 is 22.8 Å². The zero-order valence-corrected chi connectivity index (χ0v) is 20.6. The molecule has 0 unspecified atom stereocenters. The molecule has 0 radical (unpaired) electrons. The van der Waals surface area contributed by atoms with E-state index in [1.807, 2.05) is 35.2 Å². The Hall–Kier alpha value is -3.88. The van der Waals surface area contributed by atoms with Crippen molar-refractivity contribution in [1.82, 2.24) is 14.3 Å². The second-order valence-electron chi connectivity index (χ2n) is 8.98. The Kier molecular flexibility index (Phi) is 8.11. The van der Waals surface area contributed by atoms with Crippen molar-refractivity contribution in [2.45, 2.75) is 38.7 Å². The number of carboxylic acids is 1. The predicted molar refractivity (Wildman–Crippen MR) is 134 cm³/mol. The lowest BCUT2D eigenvalue weighted by atomic mass is 10.1. The third-order valence-corrected chi connectivity index (χ3v) is 5.82. The van der Waals surface area contributed by atoms with Gasteiger partial charge in [0.2, 0.25) is 5.82 Å². The second-order valence-corrected chi connectivity index (χ2v) is 8.98. The van der Waals surface area contributed by atoms with Crippen molar-refractivity contribution in [1.29, 1.82) is 0 Å². The zero-order valence-electron chi connectivity index (χ0n) is 20.6. The number of hydrogen-bond donors (Lipinski definition) is 1. The van der Waals surface area contributed by atoms with Gasteiger partial charge < -0.3 is 14.7 Å². The molecule has 1 N–H and O–H groups in total. The van der Waals surface area contributed by atoms with Crippen LogP contribution < -0.4 is 20.9 Å². The van der Waals surface area contributed by atoms with Crippen LogP contribution in [0.3, 0.4) is 0 Å². The molecule has 35 heavy (non-hydrogen) atoms. The van der Waals surface area contributed by atoms with E-state index in [4.69, 9.17) is 4.74 Å². The summed E-state index contributed by atoms with van der Waals surface area (Å²) in [7, 11) is 2.99. The van der Waals surface area contributed by atoms with Crippen LogP contribution in [-0.2, 0) is 31.7 Å². The average molecular weight is 481 g/mol. The maximum Gasteiger partial charge on any atom is 0.347 e. The Bertz CT molecular complexity index is 1260. The molecular weight excluding hydrogens is 448 g/mol. The maximum absolute atomic E-state index is 12.8. The summed E-state index contributed by atoms with van der Waals surface area (Å²) < 4.78 is 7.82. The number of nitrogens with zero attached hydrogens (tertiary/aromatic N) is 4. The molecule has 0 aliphatic carbocycles. The Morgan fingerprint density at radius 2 is 1.60 bits per heavy atom. The molecule has 0 atom stereocenters. The van der Waals surface area contributed by atoms with E-state index in [1.165, 1.54) is 38.2 Å². The first-order valence-corrected chi connectivity index (χ1v) is 11.5. The van der Waals surface area contributed by atoms with Gasteiger partial charge in [0.05, 0.1) is 0 Å². The summed E-state index contributed by atoms with van der Waals surface area (Å²) in [6, 6.07) is 17.4. The third kappa shape index (κ3) is 6.59. The fraction of sp³-hybridized carbons (Fsp3) is 0.385. The Morgan fingerprint density at radius 3 is 2.23 bits per heavy atom. The van der Waals surface area contributed by atoms with Gasteiger partial charge in [-0.3, -0.25) is 9.36 Å². The second kappa shape index (κ2) is 11.0. The lowest BCUT2D eigenvalue weighted by Gasteiger charge is -2.24. The number of carboxylic acid groups (broad SMARTS) is 1. The molecule has 0 amide bonds. The minimum Gasteiger partial charge on any atom is -0.478 e. The van der Waals surface area contributed by atoms with Crippen molar-refractivity contribution in [2.24, 2.45) is 14.1 Å². The summed E-state index contributed by atoms with van der Waals surface area (Å²) in [5, 5.41) is 13.5. The minimum absolute atomic E-state index is 0.242. The molecule has 186 valence electrons. The highest BCUT2D eigenvalue weighted by Gasteiger charge is 2.29. The molecule has 0 aliphatic rings. The summed E-state index contributed by atoms with van der Waals surface area (Å²) in [6.07, 6.45) is 2.30. The molecule has 0 spiro atoms. The number of ether oxygens (including phenoxy) is 1.